The predicted octanol–water partition coefficient (Wildman–Crippen LogP) is 7.47. The molecule has 0 fully saturated rings. The molecule has 0 aromatic heterocycles. The van der Waals surface area contributed by atoms with Crippen LogP contribution in [0.1, 0.15) is 219 Å². The molecule has 2 amide bonds. The van der Waals surface area contributed by atoms with E-state index >= 15 is 0 Å². The molecule has 0 aliphatic rings. The average Bonchev–Trinajstić information content (AvgIpc) is 3.18. The first-order valence-electron chi connectivity index (χ1n) is 25.0. The van der Waals surface area contributed by atoms with Crippen LogP contribution < -0.4 is 16.4 Å². The third kappa shape index (κ3) is 35.9. The van der Waals surface area contributed by atoms with Crippen LogP contribution in [0.2, 0.25) is 0 Å². The van der Waals surface area contributed by atoms with Crippen LogP contribution >= 0.6 is 0 Å². The molecule has 0 heterocycles. The van der Waals surface area contributed by atoms with Gasteiger partial charge in [0.1, 0.15) is 22.4 Å². The van der Waals surface area contributed by atoms with Crippen molar-refractivity contribution < 1.29 is 76.3 Å². The lowest BCUT2D eigenvalue weighted by Gasteiger charge is -2.37. The molecular formula is C52H91N3O16. The number of rotatable bonds is 32. The smallest absolute Gasteiger partial charge is 0.306 e. The number of hydrogen-bond donors (Lipinski definition) is 3. The Kier molecular flexibility index (Phi) is 28.2. The van der Waals surface area contributed by atoms with Crippen LogP contribution in [0.4, 0.5) is 0 Å². The summed E-state index contributed by atoms with van der Waals surface area (Å²) in [6.45, 7) is 24.8. The molecule has 19 nitrogen and oxygen atoms in total. The number of esters is 7. The summed E-state index contributed by atoms with van der Waals surface area (Å²) in [7, 11) is 0. The highest BCUT2D eigenvalue weighted by molar-refractivity contribution is 5.79. The van der Waals surface area contributed by atoms with Crippen LogP contribution in [-0.4, -0.2) is 112 Å². The van der Waals surface area contributed by atoms with E-state index in [0.717, 1.165) is 0 Å². The van der Waals surface area contributed by atoms with E-state index in [1.165, 1.54) is 20.8 Å². The number of hydrogen-bond acceptors (Lipinski definition) is 17. The van der Waals surface area contributed by atoms with Crippen molar-refractivity contribution in [2.75, 3.05) is 19.8 Å². The Morgan fingerprint density at radius 1 is 0.352 bits per heavy atom. The zero-order chi connectivity index (χ0) is 54.9. The summed E-state index contributed by atoms with van der Waals surface area (Å²) >= 11 is 0. The molecule has 19 heteroatoms. The minimum absolute atomic E-state index is 0.0254. The van der Waals surface area contributed by atoms with Crippen LogP contribution in [-0.2, 0) is 76.3 Å². The number of amides is 2. The fourth-order valence-electron chi connectivity index (χ4n) is 7.77. The van der Waals surface area contributed by atoms with E-state index in [9.17, 15) is 43.2 Å². The van der Waals surface area contributed by atoms with Crippen molar-refractivity contribution in [2.45, 2.75) is 258 Å². The fraction of sp³-hybridized carbons (Fsp3) is 0.827. The molecule has 0 aliphatic carbocycles. The maximum Gasteiger partial charge on any atom is 0.306 e. The summed E-state index contributed by atoms with van der Waals surface area (Å²) in [5.41, 5.74) is 0.470. The second kappa shape index (κ2) is 30.3. The van der Waals surface area contributed by atoms with Crippen LogP contribution in [0.3, 0.4) is 0 Å². The summed E-state index contributed by atoms with van der Waals surface area (Å²) in [5, 5.41) is 6.21. The van der Waals surface area contributed by atoms with Crippen molar-refractivity contribution in [1.29, 1.82) is 0 Å². The molecule has 0 rings (SSSR count). The molecule has 0 aliphatic heterocycles. The van der Waals surface area contributed by atoms with Crippen LogP contribution in [0.25, 0.3) is 0 Å². The first-order valence-corrected chi connectivity index (χ1v) is 25.0. The quantitative estimate of drug-likeness (QED) is 0.0335. The van der Waals surface area contributed by atoms with Gasteiger partial charge >= 0.3 is 41.8 Å². The Labute approximate surface area is 423 Å². The molecule has 0 aromatic rings. The SMILES string of the molecule is CC(=O)OCCCC(N)(CCC(=O)NC(CCCOC(C)=O)(CCC(=O)OC(C)(C)C)CCC(=O)OC(C)(C)C)CCC(=O)NC(CCCOC(C)=O)(CCC(=O)OC(C)(C)C)CCC(=O)OC(C)(C)C. The number of ether oxygens (including phenoxy) is 7. The van der Waals surface area contributed by atoms with Gasteiger partial charge in [0, 0.05) is 75.9 Å². The van der Waals surface area contributed by atoms with Crippen molar-refractivity contribution in [3.05, 3.63) is 0 Å². The largest absolute Gasteiger partial charge is 0.466 e. The second-order valence-corrected chi connectivity index (χ2v) is 22.7. The van der Waals surface area contributed by atoms with Gasteiger partial charge in [-0.25, -0.2) is 0 Å². The monoisotopic (exact) mass is 1010 g/mol. The van der Waals surface area contributed by atoms with Gasteiger partial charge in [-0.15, -0.1) is 0 Å². The van der Waals surface area contributed by atoms with Gasteiger partial charge in [0.2, 0.25) is 11.8 Å². The normalized spacial score (nSPS) is 12.5. The Morgan fingerprint density at radius 2 is 0.592 bits per heavy atom. The van der Waals surface area contributed by atoms with Crippen LogP contribution in [0.15, 0.2) is 0 Å². The maximum absolute atomic E-state index is 14.2. The molecule has 0 radical (unpaired) electrons. The summed E-state index contributed by atoms with van der Waals surface area (Å²) in [5.74, 6) is -4.43. The highest BCUT2D eigenvalue weighted by atomic mass is 16.6. The molecule has 0 aromatic carbocycles. The van der Waals surface area contributed by atoms with E-state index in [2.05, 4.69) is 10.6 Å². The fourth-order valence-corrected chi connectivity index (χ4v) is 7.77. The van der Waals surface area contributed by atoms with Crippen LogP contribution in [0, 0.1) is 0 Å². The molecule has 0 atom stereocenters. The van der Waals surface area contributed by atoms with Gasteiger partial charge in [-0.2, -0.15) is 0 Å². The van der Waals surface area contributed by atoms with E-state index in [4.69, 9.17) is 38.9 Å². The lowest BCUT2D eigenvalue weighted by molar-refractivity contribution is -0.157. The Morgan fingerprint density at radius 3 is 0.817 bits per heavy atom. The Hall–Kier alpha value is -4.81. The minimum Gasteiger partial charge on any atom is -0.466 e. The van der Waals surface area contributed by atoms with Crippen LogP contribution in [0.5, 0.6) is 0 Å². The van der Waals surface area contributed by atoms with Crippen molar-refractivity contribution in [3.8, 4) is 0 Å². The highest BCUT2D eigenvalue weighted by Gasteiger charge is 2.38. The van der Waals surface area contributed by atoms with E-state index in [1.54, 1.807) is 83.1 Å². The number of carbonyl (C=O) groups is 9. The number of carbonyl (C=O) groups excluding carboxylic acids is 9. The number of nitrogens with two attached hydrogens (primary N) is 1. The van der Waals surface area contributed by atoms with Gasteiger partial charge in [-0.05, 0) is 160 Å². The van der Waals surface area contributed by atoms with Gasteiger partial charge in [0.05, 0.1) is 19.8 Å². The first-order chi connectivity index (χ1) is 32.4. The van der Waals surface area contributed by atoms with Gasteiger partial charge in [0.15, 0.2) is 0 Å². The molecule has 71 heavy (non-hydrogen) atoms. The van der Waals surface area contributed by atoms with E-state index < -0.39 is 92.6 Å². The molecule has 0 bridgehead atoms. The lowest BCUT2D eigenvalue weighted by atomic mass is 9.81. The molecule has 0 saturated heterocycles. The summed E-state index contributed by atoms with van der Waals surface area (Å²) in [6.07, 6.45) is 1.26. The highest BCUT2D eigenvalue weighted by Crippen LogP contribution is 2.31. The van der Waals surface area contributed by atoms with Crippen molar-refractivity contribution >= 4 is 53.6 Å². The van der Waals surface area contributed by atoms with Crippen molar-refractivity contribution in [2.24, 2.45) is 5.73 Å². The summed E-state index contributed by atoms with van der Waals surface area (Å²) in [4.78, 5) is 116. The van der Waals surface area contributed by atoms with Gasteiger partial charge in [-0.3, -0.25) is 43.2 Å². The zero-order valence-electron chi connectivity index (χ0n) is 46.0. The topological polar surface area (TPSA) is 268 Å². The van der Waals surface area contributed by atoms with E-state index in [1.807, 2.05) is 0 Å². The third-order valence-electron chi connectivity index (χ3n) is 10.8. The Balaban J connectivity index is 6.91. The van der Waals surface area contributed by atoms with Gasteiger partial charge < -0.3 is 49.5 Å². The second-order valence-electron chi connectivity index (χ2n) is 22.7. The summed E-state index contributed by atoms with van der Waals surface area (Å²) in [6, 6.07) is 0. The standard InChI is InChI=1S/C52H91N3O16/c1-37(56)65-34-16-25-50(53,28-19-40(59)54-51(26-17-35-66-38(2)57,30-21-42(61)68-46(4,5)6)31-22-43(62)69-47(7,8)9)29-20-41(60)55-52(27-18-36-67-39(3)58,32-23-44(63)70-48(10,11)12)33-24-45(64)71-49(13,14)15/h16-36,53H2,1-15H3,(H,54,59)(H,55,60). The van der Waals surface area contributed by atoms with E-state index in [-0.39, 0.29) is 129 Å². The molecule has 0 saturated carbocycles. The lowest BCUT2D eigenvalue weighted by Crippen LogP contribution is -2.51. The molecule has 0 spiro atoms. The molecule has 410 valence electrons. The molecular weight excluding hydrogens is 923 g/mol. The molecule has 4 N–H and O–H groups in total. The van der Waals surface area contributed by atoms with E-state index in [0.29, 0.717) is 6.42 Å². The van der Waals surface area contributed by atoms with Crippen molar-refractivity contribution in [3.63, 3.8) is 0 Å². The molecule has 0 unspecified atom stereocenters. The van der Waals surface area contributed by atoms with Crippen molar-refractivity contribution in [1.82, 2.24) is 10.6 Å². The predicted molar refractivity (Wildman–Crippen MR) is 265 cm³/mol. The Bertz CT molecular complexity index is 1570. The van der Waals surface area contributed by atoms with Gasteiger partial charge in [0.25, 0.3) is 0 Å². The average molecular weight is 1010 g/mol. The maximum atomic E-state index is 14.2. The third-order valence-corrected chi connectivity index (χ3v) is 10.8. The number of nitrogens with one attached hydrogen (secondary N) is 2. The minimum atomic E-state index is -1.18. The first kappa shape index (κ1) is 66.2. The zero-order valence-corrected chi connectivity index (χ0v) is 46.0. The summed E-state index contributed by atoms with van der Waals surface area (Å²) < 4.78 is 37.9. The van der Waals surface area contributed by atoms with Gasteiger partial charge in [-0.1, -0.05) is 0 Å².